The van der Waals surface area contributed by atoms with Gasteiger partial charge in [0.05, 0.1) is 12.8 Å². The minimum atomic E-state index is -0.489. The standard InChI is InChI=1S/C20H16FN3O3S/c1-26-17-8-3-12(18-16(10-22)19(25)24-20(23-18)28-2)9-13(17)11-27-15-6-4-14(21)5-7-15/h3-9H,11H2,1-2H3,(H,23,24,25). The van der Waals surface area contributed by atoms with Gasteiger partial charge in [-0.2, -0.15) is 5.26 Å². The number of aromatic nitrogens is 2. The normalized spacial score (nSPS) is 10.4. The highest BCUT2D eigenvalue weighted by atomic mass is 32.2. The predicted octanol–water partition coefficient (Wildman–Crippen LogP) is 3.76. The van der Waals surface area contributed by atoms with Gasteiger partial charge in [0.25, 0.3) is 5.56 Å². The van der Waals surface area contributed by atoms with E-state index in [-0.39, 0.29) is 18.0 Å². The number of halogens is 1. The van der Waals surface area contributed by atoms with Gasteiger partial charge in [-0.05, 0) is 48.7 Å². The summed E-state index contributed by atoms with van der Waals surface area (Å²) in [5.74, 6) is 0.741. The van der Waals surface area contributed by atoms with Crippen molar-refractivity contribution in [3.8, 4) is 28.8 Å². The molecule has 0 spiro atoms. The average Bonchev–Trinajstić information content (AvgIpc) is 2.72. The van der Waals surface area contributed by atoms with Crippen LogP contribution >= 0.6 is 11.8 Å². The maximum atomic E-state index is 13.0. The SMILES string of the molecule is COc1ccc(-c2nc(SC)[nH]c(=O)c2C#N)cc1COc1ccc(F)cc1. The van der Waals surface area contributed by atoms with Crippen LogP contribution in [0.1, 0.15) is 11.1 Å². The highest BCUT2D eigenvalue weighted by Gasteiger charge is 2.15. The number of hydrogen-bond acceptors (Lipinski definition) is 6. The molecule has 0 aliphatic carbocycles. The Bertz CT molecular complexity index is 1090. The quantitative estimate of drug-likeness (QED) is 0.503. The molecule has 0 amide bonds. The van der Waals surface area contributed by atoms with Crippen molar-refractivity contribution in [3.05, 3.63) is 69.8 Å². The molecule has 0 atom stereocenters. The van der Waals surface area contributed by atoms with E-state index in [4.69, 9.17) is 9.47 Å². The van der Waals surface area contributed by atoms with Gasteiger partial charge in [0.2, 0.25) is 0 Å². The first-order chi connectivity index (χ1) is 13.5. The van der Waals surface area contributed by atoms with Crippen LogP contribution in [-0.4, -0.2) is 23.3 Å². The van der Waals surface area contributed by atoms with Crippen LogP contribution in [0.25, 0.3) is 11.3 Å². The molecule has 28 heavy (non-hydrogen) atoms. The number of rotatable bonds is 6. The lowest BCUT2D eigenvalue weighted by Gasteiger charge is -2.13. The Balaban J connectivity index is 1.99. The third-order valence-electron chi connectivity index (χ3n) is 3.96. The Morgan fingerprint density at radius 3 is 2.64 bits per heavy atom. The number of benzene rings is 2. The third kappa shape index (κ3) is 4.15. The van der Waals surface area contributed by atoms with Crippen molar-refractivity contribution in [1.29, 1.82) is 5.26 Å². The Morgan fingerprint density at radius 1 is 1.25 bits per heavy atom. The minimum Gasteiger partial charge on any atom is -0.496 e. The third-order valence-corrected chi connectivity index (χ3v) is 4.54. The molecule has 3 rings (SSSR count). The first-order valence-corrected chi connectivity index (χ1v) is 9.42. The summed E-state index contributed by atoms with van der Waals surface area (Å²) in [4.78, 5) is 19.1. The van der Waals surface area contributed by atoms with E-state index in [1.165, 1.54) is 43.1 Å². The van der Waals surface area contributed by atoms with Gasteiger partial charge in [0.1, 0.15) is 35.6 Å². The molecule has 8 heteroatoms. The lowest BCUT2D eigenvalue weighted by molar-refractivity contribution is 0.296. The van der Waals surface area contributed by atoms with Gasteiger partial charge < -0.3 is 14.5 Å². The van der Waals surface area contributed by atoms with E-state index in [1.54, 1.807) is 24.5 Å². The van der Waals surface area contributed by atoms with Crippen LogP contribution in [0.3, 0.4) is 0 Å². The van der Waals surface area contributed by atoms with Crippen molar-refractivity contribution in [2.24, 2.45) is 0 Å². The van der Waals surface area contributed by atoms with Gasteiger partial charge in [-0.15, -0.1) is 0 Å². The maximum absolute atomic E-state index is 13.0. The molecule has 2 aromatic carbocycles. The van der Waals surface area contributed by atoms with Gasteiger partial charge >= 0.3 is 0 Å². The first kappa shape index (κ1) is 19.5. The van der Waals surface area contributed by atoms with E-state index in [2.05, 4.69) is 9.97 Å². The number of thioether (sulfide) groups is 1. The molecule has 0 fully saturated rings. The summed E-state index contributed by atoms with van der Waals surface area (Å²) in [5.41, 5.74) is 1.03. The molecule has 3 aromatic rings. The lowest BCUT2D eigenvalue weighted by atomic mass is 10.0. The largest absolute Gasteiger partial charge is 0.496 e. The summed E-state index contributed by atoms with van der Waals surface area (Å²) in [6.45, 7) is 0.156. The number of nitrogens with zero attached hydrogens (tertiary/aromatic N) is 2. The molecule has 6 nitrogen and oxygen atoms in total. The number of ether oxygens (including phenoxy) is 2. The van der Waals surface area contributed by atoms with E-state index in [9.17, 15) is 14.4 Å². The van der Waals surface area contributed by atoms with E-state index in [1.807, 2.05) is 6.07 Å². The Hall–Kier alpha value is -3.31. The monoisotopic (exact) mass is 397 g/mol. The lowest BCUT2D eigenvalue weighted by Crippen LogP contribution is -2.14. The van der Waals surface area contributed by atoms with Gasteiger partial charge in [-0.3, -0.25) is 4.79 Å². The molecule has 1 heterocycles. The Morgan fingerprint density at radius 2 is 2.00 bits per heavy atom. The predicted molar refractivity (Wildman–Crippen MR) is 104 cm³/mol. The zero-order valence-electron chi connectivity index (χ0n) is 15.2. The number of H-pyrrole nitrogens is 1. The van der Waals surface area contributed by atoms with E-state index < -0.39 is 5.56 Å². The van der Waals surface area contributed by atoms with Crippen molar-refractivity contribution >= 4 is 11.8 Å². The van der Waals surface area contributed by atoms with Gasteiger partial charge in [0, 0.05) is 11.1 Å². The van der Waals surface area contributed by atoms with E-state index in [0.29, 0.717) is 33.5 Å². The van der Waals surface area contributed by atoms with E-state index >= 15 is 0 Å². The van der Waals surface area contributed by atoms with Crippen LogP contribution < -0.4 is 15.0 Å². The molecule has 0 saturated carbocycles. The second-order valence-electron chi connectivity index (χ2n) is 5.68. The highest BCUT2D eigenvalue weighted by Crippen LogP contribution is 2.28. The van der Waals surface area contributed by atoms with Crippen LogP contribution in [-0.2, 0) is 6.61 Å². The average molecular weight is 397 g/mol. The molecule has 0 unspecified atom stereocenters. The fraction of sp³-hybridized carbons (Fsp3) is 0.150. The van der Waals surface area contributed by atoms with Crippen molar-refractivity contribution in [2.45, 2.75) is 11.8 Å². The molecule has 0 aliphatic heterocycles. The van der Waals surface area contributed by atoms with Crippen LogP contribution in [0, 0.1) is 17.1 Å². The second-order valence-corrected chi connectivity index (χ2v) is 6.47. The van der Waals surface area contributed by atoms with Crippen molar-refractivity contribution in [2.75, 3.05) is 13.4 Å². The van der Waals surface area contributed by atoms with Crippen molar-refractivity contribution in [3.63, 3.8) is 0 Å². The summed E-state index contributed by atoms with van der Waals surface area (Å²) in [5, 5.41) is 9.79. The van der Waals surface area contributed by atoms with Gasteiger partial charge in [-0.25, -0.2) is 9.37 Å². The smallest absolute Gasteiger partial charge is 0.270 e. The summed E-state index contributed by atoms with van der Waals surface area (Å²) < 4.78 is 24.1. The summed E-state index contributed by atoms with van der Waals surface area (Å²) in [6.07, 6.45) is 1.78. The number of nitrogens with one attached hydrogen (secondary N) is 1. The molecule has 0 saturated heterocycles. The summed E-state index contributed by atoms with van der Waals surface area (Å²) >= 11 is 1.28. The Labute approximate surface area is 165 Å². The number of methoxy groups -OCH3 is 1. The Kier molecular flexibility index (Phi) is 5.96. The number of aromatic amines is 1. The first-order valence-electron chi connectivity index (χ1n) is 8.19. The van der Waals surface area contributed by atoms with Gasteiger partial charge in [0.15, 0.2) is 5.16 Å². The molecular weight excluding hydrogens is 381 g/mol. The molecule has 1 aromatic heterocycles. The van der Waals surface area contributed by atoms with Crippen molar-refractivity contribution in [1.82, 2.24) is 9.97 Å². The zero-order valence-corrected chi connectivity index (χ0v) is 16.0. The molecule has 0 radical (unpaired) electrons. The summed E-state index contributed by atoms with van der Waals surface area (Å²) in [6, 6.07) is 12.8. The van der Waals surface area contributed by atoms with E-state index in [0.717, 1.165) is 0 Å². The zero-order chi connectivity index (χ0) is 20.1. The minimum absolute atomic E-state index is 0.0617. The molecule has 1 N–H and O–H groups in total. The fourth-order valence-electron chi connectivity index (χ4n) is 2.59. The van der Waals surface area contributed by atoms with Crippen LogP contribution in [0.2, 0.25) is 0 Å². The molecule has 0 aliphatic rings. The van der Waals surface area contributed by atoms with Crippen molar-refractivity contribution < 1.29 is 13.9 Å². The fourth-order valence-corrected chi connectivity index (χ4v) is 2.97. The van der Waals surface area contributed by atoms with Gasteiger partial charge in [-0.1, -0.05) is 11.8 Å². The maximum Gasteiger partial charge on any atom is 0.270 e. The number of hydrogen-bond donors (Lipinski definition) is 1. The summed E-state index contributed by atoms with van der Waals surface area (Å²) in [7, 11) is 1.54. The second kappa shape index (κ2) is 8.59. The van der Waals surface area contributed by atoms with Crippen LogP contribution in [0.4, 0.5) is 4.39 Å². The van der Waals surface area contributed by atoms with Crippen LogP contribution in [0.15, 0.2) is 52.4 Å². The molecule has 142 valence electrons. The molecule has 0 bridgehead atoms. The van der Waals surface area contributed by atoms with Crippen LogP contribution in [0.5, 0.6) is 11.5 Å². The molecular formula is C20H16FN3O3S. The topological polar surface area (TPSA) is 88.0 Å². The number of nitriles is 1. The highest BCUT2D eigenvalue weighted by molar-refractivity contribution is 7.98.